The van der Waals surface area contributed by atoms with E-state index in [1.807, 2.05) is 0 Å². The van der Waals surface area contributed by atoms with Gasteiger partial charge in [-0.05, 0) is 44.8 Å². The molecule has 0 aliphatic heterocycles. The second-order valence-corrected chi connectivity index (χ2v) is 6.01. The van der Waals surface area contributed by atoms with Crippen molar-refractivity contribution in [2.75, 3.05) is 26.7 Å². The number of hydrogen-bond acceptors (Lipinski definition) is 2. The molecule has 0 aliphatic carbocycles. The molecule has 0 amide bonds. The van der Waals surface area contributed by atoms with Crippen molar-refractivity contribution in [2.45, 2.75) is 40.2 Å². The minimum atomic E-state index is 0.825. The molecule has 0 saturated carbocycles. The minimum Gasteiger partial charge on any atom is -0.315 e. The van der Waals surface area contributed by atoms with Crippen LogP contribution >= 0.6 is 0 Å². The summed E-state index contributed by atoms with van der Waals surface area (Å²) in [6.07, 6.45) is 2.62. The lowest BCUT2D eigenvalue weighted by molar-refractivity contribution is 0.323. The highest BCUT2D eigenvalue weighted by Crippen LogP contribution is 2.06. The number of rotatable bonds is 9. The van der Waals surface area contributed by atoms with Crippen LogP contribution in [0.4, 0.5) is 0 Å². The number of likely N-dealkylation sites (N-methyl/N-ethyl adjacent to an activating group) is 1. The van der Waals surface area contributed by atoms with Gasteiger partial charge >= 0.3 is 0 Å². The zero-order valence-corrected chi connectivity index (χ0v) is 13.1. The highest BCUT2D eigenvalue weighted by atomic mass is 15.1. The summed E-state index contributed by atoms with van der Waals surface area (Å²) in [5, 5.41) is 3.53. The molecule has 1 N–H and O–H groups in total. The minimum absolute atomic E-state index is 0.825. The highest BCUT2D eigenvalue weighted by molar-refractivity contribution is 5.21. The van der Waals surface area contributed by atoms with Gasteiger partial charge in [0.1, 0.15) is 0 Å². The molecule has 0 fully saturated rings. The van der Waals surface area contributed by atoms with Crippen LogP contribution in [0.3, 0.4) is 0 Å². The molecule has 1 aromatic carbocycles. The van der Waals surface area contributed by atoms with E-state index in [1.165, 1.54) is 24.0 Å². The molecule has 1 rings (SSSR count). The van der Waals surface area contributed by atoms with Gasteiger partial charge in [0.2, 0.25) is 0 Å². The predicted octanol–water partition coefficient (Wildman–Crippen LogP) is 3.45. The molecule has 0 saturated heterocycles. The number of nitrogens with one attached hydrogen (secondary N) is 1. The zero-order chi connectivity index (χ0) is 14.1. The van der Waals surface area contributed by atoms with Crippen LogP contribution in [0, 0.1) is 12.8 Å². The van der Waals surface area contributed by atoms with Gasteiger partial charge in [-0.15, -0.1) is 0 Å². The van der Waals surface area contributed by atoms with Gasteiger partial charge in [0.15, 0.2) is 0 Å². The Kier molecular flexibility index (Phi) is 7.76. The summed E-state index contributed by atoms with van der Waals surface area (Å²) in [6.45, 7) is 11.1. The van der Waals surface area contributed by atoms with Gasteiger partial charge in [-0.3, -0.25) is 0 Å². The summed E-state index contributed by atoms with van der Waals surface area (Å²) in [5.41, 5.74) is 2.75. The Labute approximate surface area is 119 Å². The fraction of sp³-hybridized carbons (Fsp3) is 0.647. The molecule has 108 valence electrons. The Hall–Kier alpha value is -0.860. The second-order valence-electron chi connectivity index (χ2n) is 6.01. The van der Waals surface area contributed by atoms with Crippen LogP contribution in [0.5, 0.6) is 0 Å². The van der Waals surface area contributed by atoms with Crippen LogP contribution < -0.4 is 5.32 Å². The van der Waals surface area contributed by atoms with Gasteiger partial charge in [0.25, 0.3) is 0 Å². The SMILES string of the molecule is Cc1cccc(CN(C)CCNCCCC(C)C)c1. The summed E-state index contributed by atoms with van der Waals surface area (Å²) in [5.74, 6) is 0.825. The quantitative estimate of drug-likeness (QED) is 0.686. The van der Waals surface area contributed by atoms with Gasteiger partial charge in [-0.25, -0.2) is 0 Å². The summed E-state index contributed by atoms with van der Waals surface area (Å²) in [4.78, 5) is 2.38. The average Bonchev–Trinajstić information content (AvgIpc) is 2.33. The Morgan fingerprint density at radius 3 is 2.68 bits per heavy atom. The van der Waals surface area contributed by atoms with E-state index in [1.54, 1.807) is 0 Å². The van der Waals surface area contributed by atoms with E-state index in [0.29, 0.717) is 0 Å². The maximum atomic E-state index is 3.53. The Balaban J connectivity index is 2.09. The molecule has 2 heteroatoms. The molecule has 2 nitrogen and oxygen atoms in total. The Bertz CT molecular complexity index is 347. The second kappa shape index (κ2) is 9.11. The Morgan fingerprint density at radius 2 is 2.00 bits per heavy atom. The first-order valence-corrected chi connectivity index (χ1v) is 7.52. The van der Waals surface area contributed by atoms with Crippen molar-refractivity contribution in [3.05, 3.63) is 35.4 Å². The first-order valence-electron chi connectivity index (χ1n) is 7.52. The van der Waals surface area contributed by atoms with Crippen molar-refractivity contribution < 1.29 is 0 Å². The van der Waals surface area contributed by atoms with Crippen molar-refractivity contribution in [1.29, 1.82) is 0 Å². The summed E-state index contributed by atoms with van der Waals surface area (Å²) < 4.78 is 0. The van der Waals surface area contributed by atoms with Crippen molar-refractivity contribution in [1.82, 2.24) is 10.2 Å². The molecule has 0 radical (unpaired) electrons. The van der Waals surface area contributed by atoms with Crippen molar-refractivity contribution in [3.63, 3.8) is 0 Å². The fourth-order valence-electron chi connectivity index (χ4n) is 2.23. The molecule has 0 atom stereocenters. The van der Waals surface area contributed by atoms with E-state index >= 15 is 0 Å². The molecule has 1 aromatic rings. The van der Waals surface area contributed by atoms with Gasteiger partial charge in [-0.1, -0.05) is 43.7 Å². The molecule has 0 spiro atoms. The average molecular weight is 262 g/mol. The highest BCUT2D eigenvalue weighted by Gasteiger charge is 2.00. The lowest BCUT2D eigenvalue weighted by atomic mass is 10.1. The van der Waals surface area contributed by atoms with Crippen LogP contribution in [-0.4, -0.2) is 31.6 Å². The monoisotopic (exact) mass is 262 g/mol. The van der Waals surface area contributed by atoms with E-state index in [9.17, 15) is 0 Å². The van der Waals surface area contributed by atoms with Gasteiger partial charge in [0.05, 0.1) is 0 Å². The number of hydrogen-bond donors (Lipinski definition) is 1. The van der Waals surface area contributed by atoms with Crippen LogP contribution in [-0.2, 0) is 6.54 Å². The third-order valence-electron chi connectivity index (χ3n) is 3.34. The first kappa shape index (κ1) is 16.2. The van der Waals surface area contributed by atoms with E-state index in [-0.39, 0.29) is 0 Å². The van der Waals surface area contributed by atoms with Crippen LogP contribution in [0.1, 0.15) is 37.8 Å². The van der Waals surface area contributed by atoms with Gasteiger partial charge in [-0.2, -0.15) is 0 Å². The first-order chi connectivity index (χ1) is 9.08. The van der Waals surface area contributed by atoms with Crippen molar-refractivity contribution in [3.8, 4) is 0 Å². The third-order valence-corrected chi connectivity index (χ3v) is 3.34. The molecule has 0 heterocycles. The lowest BCUT2D eigenvalue weighted by Crippen LogP contribution is -2.29. The summed E-state index contributed by atoms with van der Waals surface area (Å²) in [6, 6.07) is 8.77. The van der Waals surface area contributed by atoms with E-state index < -0.39 is 0 Å². The summed E-state index contributed by atoms with van der Waals surface area (Å²) in [7, 11) is 2.19. The predicted molar refractivity (Wildman–Crippen MR) is 84.5 cm³/mol. The van der Waals surface area contributed by atoms with Crippen molar-refractivity contribution >= 4 is 0 Å². The number of aryl methyl sites for hydroxylation is 1. The standard InChI is InChI=1S/C17H30N2/c1-15(2)7-6-10-18-11-12-19(4)14-17-9-5-8-16(3)13-17/h5,8-9,13,15,18H,6-7,10-12,14H2,1-4H3. The van der Waals surface area contributed by atoms with E-state index in [4.69, 9.17) is 0 Å². The van der Waals surface area contributed by atoms with Gasteiger partial charge in [0, 0.05) is 19.6 Å². The molecular weight excluding hydrogens is 232 g/mol. The van der Waals surface area contributed by atoms with Crippen molar-refractivity contribution in [2.24, 2.45) is 5.92 Å². The molecule has 0 unspecified atom stereocenters. The van der Waals surface area contributed by atoms with Gasteiger partial charge < -0.3 is 10.2 Å². The van der Waals surface area contributed by atoms with Crippen LogP contribution in [0.15, 0.2) is 24.3 Å². The molecule has 19 heavy (non-hydrogen) atoms. The fourth-order valence-corrected chi connectivity index (χ4v) is 2.23. The van der Waals surface area contributed by atoms with E-state index in [2.05, 4.69) is 62.3 Å². The molecule has 0 aliphatic rings. The third kappa shape index (κ3) is 8.02. The maximum Gasteiger partial charge on any atom is 0.0231 e. The molecule has 0 bridgehead atoms. The molecule has 0 aromatic heterocycles. The van der Waals surface area contributed by atoms with Crippen LogP contribution in [0.25, 0.3) is 0 Å². The topological polar surface area (TPSA) is 15.3 Å². The lowest BCUT2D eigenvalue weighted by Gasteiger charge is -2.17. The maximum absolute atomic E-state index is 3.53. The number of nitrogens with zero attached hydrogens (tertiary/aromatic N) is 1. The van der Waals surface area contributed by atoms with E-state index in [0.717, 1.165) is 32.1 Å². The Morgan fingerprint density at radius 1 is 1.21 bits per heavy atom. The molecular formula is C17H30N2. The summed E-state index contributed by atoms with van der Waals surface area (Å²) >= 11 is 0. The number of benzene rings is 1. The normalized spacial score (nSPS) is 11.5. The smallest absolute Gasteiger partial charge is 0.0231 e. The largest absolute Gasteiger partial charge is 0.315 e. The van der Waals surface area contributed by atoms with Crippen LogP contribution in [0.2, 0.25) is 0 Å². The zero-order valence-electron chi connectivity index (χ0n) is 13.1.